The maximum absolute atomic E-state index is 12.1. The lowest BCUT2D eigenvalue weighted by Gasteiger charge is -2.28. The van der Waals surface area contributed by atoms with Gasteiger partial charge >= 0.3 is 5.97 Å². The van der Waals surface area contributed by atoms with Gasteiger partial charge in [0.2, 0.25) is 10.0 Å². The Morgan fingerprint density at radius 1 is 1.33 bits per heavy atom. The molecule has 1 heterocycles. The van der Waals surface area contributed by atoms with E-state index in [1.54, 1.807) is 0 Å². The Balaban J connectivity index is 2.91. The van der Waals surface area contributed by atoms with Gasteiger partial charge in [0.15, 0.2) is 0 Å². The van der Waals surface area contributed by atoms with Crippen LogP contribution in [-0.2, 0) is 14.8 Å². The molecule has 1 saturated heterocycles. The summed E-state index contributed by atoms with van der Waals surface area (Å²) in [6.07, 6.45) is 0.400. The van der Waals surface area contributed by atoms with Crippen LogP contribution >= 0.6 is 0 Å². The van der Waals surface area contributed by atoms with Crippen molar-refractivity contribution in [1.29, 1.82) is 0 Å². The van der Waals surface area contributed by atoms with Gasteiger partial charge in [-0.25, -0.2) is 12.7 Å². The molecule has 6 heteroatoms. The Bertz CT molecular complexity index is 416. The lowest BCUT2D eigenvalue weighted by Crippen LogP contribution is -2.41. The molecule has 0 aromatic heterocycles. The molecule has 106 valence electrons. The minimum absolute atomic E-state index is 0.0499. The first-order chi connectivity index (χ1) is 8.12. The van der Waals surface area contributed by atoms with E-state index in [0.29, 0.717) is 13.0 Å². The standard InChI is InChI=1S/C12H23NO4S/c1-9(2)7-18(16,17)13-6-5-12(8-13,10(3)4)11(14)15/h9-10H,5-8H2,1-4H3,(H,14,15). The van der Waals surface area contributed by atoms with E-state index >= 15 is 0 Å². The first kappa shape index (κ1) is 15.4. The van der Waals surface area contributed by atoms with Crippen LogP contribution in [0.4, 0.5) is 0 Å². The van der Waals surface area contributed by atoms with E-state index < -0.39 is 21.4 Å². The minimum atomic E-state index is -3.33. The Labute approximate surface area is 109 Å². The second-order valence-electron chi connectivity index (χ2n) is 5.87. The maximum atomic E-state index is 12.1. The van der Waals surface area contributed by atoms with Crippen LogP contribution in [-0.4, -0.2) is 42.6 Å². The molecule has 1 unspecified atom stereocenters. The van der Waals surface area contributed by atoms with Crippen LogP contribution in [0.15, 0.2) is 0 Å². The average Bonchev–Trinajstić information content (AvgIpc) is 2.61. The van der Waals surface area contributed by atoms with Crippen molar-refractivity contribution in [3.05, 3.63) is 0 Å². The van der Waals surface area contributed by atoms with Crippen LogP contribution in [0.3, 0.4) is 0 Å². The summed E-state index contributed by atoms with van der Waals surface area (Å²) in [4.78, 5) is 11.4. The monoisotopic (exact) mass is 277 g/mol. The molecule has 0 radical (unpaired) electrons. The van der Waals surface area contributed by atoms with Crippen LogP contribution in [0.5, 0.6) is 0 Å². The number of hydrogen-bond donors (Lipinski definition) is 1. The third kappa shape index (κ3) is 2.85. The summed E-state index contributed by atoms with van der Waals surface area (Å²) >= 11 is 0. The van der Waals surface area contributed by atoms with Crippen LogP contribution in [0.1, 0.15) is 34.1 Å². The summed E-state index contributed by atoms with van der Waals surface area (Å²) < 4.78 is 25.6. The van der Waals surface area contributed by atoms with Gasteiger partial charge in [-0.1, -0.05) is 27.7 Å². The van der Waals surface area contributed by atoms with Crippen LogP contribution in [0.25, 0.3) is 0 Å². The second-order valence-corrected chi connectivity index (χ2v) is 7.89. The number of rotatable bonds is 5. The molecule has 0 bridgehead atoms. The van der Waals surface area contributed by atoms with Crippen molar-refractivity contribution in [3.8, 4) is 0 Å². The summed E-state index contributed by atoms with van der Waals surface area (Å²) in [6.45, 7) is 7.80. The summed E-state index contributed by atoms with van der Waals surface area (Å²) in [7, 11) is -3.33. The average molecular weight is 277 g/mol. The summed E-state index contributed by atoms with van der Waals surface area (Å²) in [5, 5.41) is 9.38. The summed E-state index contributed by atoms with van der Waals surface area (Å²) in [6, 6.07) is 0. The Kier molecular flexibility index (Phi) is 4.43. The van der Waals surface area contributed by atoms with Crippen LogP contribution in [0, 0.1) is 17.3 Å². The third-order valence-corrected chi connectivity index (χ3v) is 5.92. The first-order valence-electron chi connectivity index (χ1n) is 6.33. The van der Waals surface area contributed by atoms with Gasteiger partial charge in [0.25, 0.3) is 0 Å². The normalized spacial score (nSPS) is 26.1. The molecular formula is C12H23NO4S. The summed E-state index contributed by atoms with van der Waals surface area (Å²) in [5.74, 6) is -0.830. The SMILES string of the molecule is CC(C)CS(=O)(=O)N1CCC(C(=O)O)(C(C)C)C1. The van der Waals surface area contributed by atoms with Crippen molar-refractivity contribution < 1.29 is 18.3 Å². The fourth-order valence-corrected chi connectivity index (χ4v) is 4.30. The Morgan fingerprint density at radius 3 is 2.22 bits per heavy atom. The van der Waals surface area contributed by atoms with Crippen molar-refractivity contribution in [2.45, 2.75) is 34.1 Å². The van der Waals surface area contributed by atoms with Gasteiger partial charge in [-0.2, -0.15) is 0 Å². The number of sulfonamides is 1. The highest BCUT2D eigenvalue weighted by atomic mass is 32.2. The molecule has 0 aliphatic carbocycles. The van der Waals surface area contributed by atoms with Crippen molar-refractivity contribution in [1.82, 2.24) is 4.31 Å². The molecule has 1 aliphatic heterocycles. The molecule has 0 saturated carbocycles. The highest BCUT2D eigenvalue weighted by molar-refractivity contribution is 7.89. The number of carboxylic acid groups (broad SMARTS) is 1. The van der Waals surface area contributed by atoms with Crippen LogP contribution in [0.2, 0.25) is 0 Å². The van der Waals surface area contributed by atoms with E-state index in [1.807, 2.05) is 27.7 Å². The van der Waals surface area contributed by atoms with E-state index in [0.717, 1.165) is 0 Å². The lowest BCUT2D eigenvalue weighted by molar-refractivity contribution is -0.150. The van der Waals surface area contributed by atoms with Gasteiger partial charge in [0.1, 0.15) is 0 Å². The number of carboxylic acids is 1. The fourth-order valence-electron chi connectivity index (χ4n) is 2.45. The zero-order valence-electron chi connectivity index (χ0n) is 11.5. The number of aliphatic carboxylic acids is 1. The van der Waals surface area contributed by atoms with Gasteiger partial charge in [0, 0.05) is 13.1 Å². The van der Waals surface area contributed by atoms with Crippen molar-refractivity contribution in [2.24, 2.45) is 17.3 Å². The molecule has 0 spiro atoms. The van der Waals surface area contributed by atoms with E-state index in [1.165, 1.54) is 4.31 Å². The van der Waals surface area contributed by atoms with Crippen molar-refractivity contribution in [2.75, 3.05) is 18.8 Å². The number of nitrogens with zero attached hydrogens (tertiary/aromatic N) is 1. The maximum Gasteiger partial charge on any atom is 0.311 e. The van der Waals surface area contributed by atoms with E-state index in [9.17, 15) is 18.3 Å². The van der Waals surface area contributed by atoms with Crippen LogP contribution < -0.4 is 0 Å². The van der Waals surface area contributed by atoms with Crippen molar-refractivity contribution >= 4 is 16.0 Å². The minimum Gasteiger partial charge on any atom is -0.481 e. The smallest absolute Gasteiger partial charge is 0.311 e. The van der Waals surface area contributed by atoms with E-state index in [-0.39, 0.29) is 24.1 Å². The molecule has 1 aliphatic rings. The molecule has 1 atom stereocenters. The molecule has 0 amide bonds. The van der Waals surface area contributed by atoms with E-state index in [4.69, 9.17) is 0 Å². The highest BCUT2D eigenvalue weighted by Crippen LogP contribution is 2.39. The topological polar surface area (TPSA) is 74.7 Å². The molecule has 5 nitrogen and oxygen atoms in total. The number of hydrogen-bond acceptors (Lipinski definition) is 3. The molecule has 18 heavy (non-hydrogen) atoms. The van der Waals surface area contributed by atoms with Crippen molar-refractivity contribution in [3.63, 3.8) is 0 Å². The molecule has 0 aromatic carbocycles. The first-order valence-corrected chi connectivity index (χ1v) is 7.94. The number of carbonyl (C=O) groups is 1. The second kappa shape index (κ2) is 5.17. The zero-order valence-corrected chi connectivity index (χ0v) is 12.3. The van der Waals surface area contributed by atoms with Gasteiger partial charge < -0.3 is 5.11 Å². The van der Waals surface area contributed by atoms with E-state index in [2.05, 4.69) is 0 Å². The predicted molar refractivity (Wildman–Crippen MR) is 69.7 cm³/mol. The molecule has 1 N–H and O–H groups in total. The van der Waals surface area contributed by atoms with Gasteiger partial charge in [-0.05, 0) is 18.3 Å². The molecular weight excluding hydrogens is 254 g/mol. The Morgan fingerprint density at radius 2 is 1.89 bits per heavy atom. The molecule has 1 fully saturated rings. The summed E-state index contributed by atoms with van der Waals surface area (Å²) in [5.41, 5.74) is -0.927. The molecule has 0 aromatic rings. The largest absolute Gasteiger partial charge is 0.481 e. The lowest BCUT2D eigenvalue weighted by atomic mass is 9.77. The zero-order chi connectivity index (χ0) is 14.1. The molecule has 1 rings (SSSR count). The Hall–Kier alpha value is -0.620. The predicted octanol–water partition coefficient (Wildman–Crippen LogP) is 1.40. The third-order valence-electron chi connectivity index (χ3n) is 3.73. The highest BCUT2D eigenvalue weighted by Gasteiger charge is 2.50. The quantitative estimate of drug-likeness (QED) is 0.824. The van der Waals surface area contributed by atoms with Gasteiger partial charge in [0.05, 0.1) is 11.2 Å². The van der Waals surface area contributed by atoms with Gasteiger partial charge in [-0.3, -0.25) is 4.79 Å². The fraction of sp³-hybridized carbons (Fsp3) is 0.917. The van der Waals surface area contributed by atoms with Gasteiger partial charge in [-0.15, -0.1) is 0 Å².